The lowest BCUT2D eigenvalue weighted by Gasteiger charge is -2.28. The van der Waals surface area contributed by atoms with Crippen LogP contribution in [-0.2, 0) is 9.59 Å². The van der Waals surface area contributed by atoms with Gasteiger partial charge >= 0.3 is 0 Å². The maximum atomic E-state index is 12.4. The molecule has 134 valence electrons. The second kappa shape index (κ2) is 7.67. The van der Waals surface area contributed by atoms with E-state index in [1.54, 1.807) is 35.9 Å². The number of carbonyl (C=O) groups is 2. The normalized spacial score (nSPS) is 23.1. The number of carbonyl (C=O) groups excluding carboxylic acids is 2. The predicted molar refractivity (Wildman–Crippen MR) is 102 cm³/mol. The summed E-state index contributed by atoms with van der Waals surface area (Å²) >= 11 is 3.17. The zero-order valence-corrected chi connectivity index (χ0v) is 15.7. The molecule has 2 aromatic heterocycles. The first-order valence-corrected chi connectivity index (χ1v) is 10.5. The molecule has 2 saturated heterocycles. The van der Waals surface area contributed by atoms with Crippen LogP contribution in [0.15, 0.2) is 48.8 Å². The molecular formula is C18H18N4O2S2. The Morgan fingerprint density at radius 3 is 1.65 bits per heavy atom. The molecule has 0 spiro atoms. The molecule has 6 nitrogen and oxygen atoms in total. The Morgan fingerprint density at radius 2 is 1.27 bits per heavy atom. The minimum atomic E-state index is -0.0811. The number of rotatable bonds is 5. The Bertz CT molecular complexity index is 723. The van der Waals surface area contributed by atoms with E-state index in [4.69, 9.17) is 0 Å². The number of aromatic nitrogens is 2. The fourth-order valence-corrected chi connectivity index (χ4v) is 5.50. The van der Waals surface area contributed by atoms with Crippen LogP contribution >= 0.6 is 23.5 Å². The third kappa shape index (κ3) is 3.43. The van der Waals surface area contributed by atoms with Gasteiger partial charge in [-0.05, 0) is 24.3 Å². The van der Waals surface area contributed by atoms with E-state index in [0.717, 1.165) is 11.4 Å². The topological polar surface area (TPSA) is 66.4 Å². The maximum absolute atomic E-state index is 12.4. The van der Waals surface area contributed by atoms with E-state index in [-0.39, 0.29) is 22.6 Å². The van der Waals surface area contributed by atoms with Gasteiger partial charge < -0.3 is 9.80 Å². The van der Waals surface area contributed by atoms with Crippen molar-refractivity contribution in [2.24, 2.45) is 0 Å². The van der Waals surface area contributed by atoms with Gasteiger partial charge in [-0.15, -0.1) is 23.5 Å². The quantitative estimate of drug-likeness (QED) is 0.786. The van der Waals surface area contributed by atoms with Crippen molar-refractivity contribution in [3.05, 3.63) is 60.2 Å². The van der Waals surface area contributed by atoms with Gasteiger partial charge in [0.1, 0.15) is 10.7 Å². The van der Waals surface area contributed by atoms with Crippen LogP contribution in [-0.4, -0.2) is 56.2 Å². The number of nitrogens with zero attached hydrogens (tertiary/aromatic N) is 4. The highest BCUT2D eigenvalue weighted by molar-refractivity contribution is 8.00. The Hall–Kier alpha value is -2.06. The molecule has 0 saturated carbocycles. The molecule has 0 aromatic carbocycles. The third-order valence-electron chi connectivity index (χ3n) is 4.40. The molecule has 0 unspecified atom stereocenters. The molecule has 0 aliphatic carbocycles. The lowest BCUT2D eigenvalue weighted by atomic mass is 10.3. The van der Waals surface area contributed by atoms with Crippen molar-refractivity contribution in [2.75, 3.05) is 24.6 Å². The molecular weight excluding hydrogens is 368 g/mol. The van der Waals surface area contributed by atoms with Gasteiger partial charge in [-0.3, -0.25) is 19.6 Å². The summed E-state index contributed by atoms with van der Waals surface area (Å²) in [5.74, 6) is 1.10. The van der Waals surface area contributed by atoms with Gasteiger partial charge in [0, 0.05) is 25.5 Å². The molecule has 0 bridgehead atoms. The molecule has 2 atom stereocenters. The van der Waals surface area contributed by atoms with Crippen molar-refractivity contribution in [2.45, 2.75) is 10.7 Å². The minimum Gasteiger partial charge on any atom is -0.322 e. The summed E-state index contributed by atoms with van der Waals surface area (Å²) in [7, 11) is 0. The van der Waals surface area contributed by atoms with Gasteiger partial charge in [-0.1, -0.05) is 12.1 Å². The first-order chi connectivity index (χ1) is 12.7. The van der Waals surface area contributed by atoms with Gasteiger partial charge in [0.2, 0.25) is 11.8 Å². The lowest BCUT2D eigenvalue weighted by Crippen LogP contribution is -2.39. The minimum absolute atomic E-state index is 0.0811. The second-order valence-corrected chi connectivity index (χ2v) is 8.15. The van der Waals surface area contributed by atoms with Gasteiger partial charge in [-0.2, -0.15) is 0 Å². The zero-order valence-electron chi connectivity index (χ0n) is 14.0. The molecule has 4 heterocycles. The standard InChI is InChI=1S/C18H18N4O2S2/c23-15-11-25-17(13-5-1-3-7-19-13)21(15)9-10-22-16(24)12-26-18(22)14-6-2-4-8-20-14/h1-8,17-18H,9-12H2/t17-,18+. The van der Waals surface area contributed by atoms with Gasteiger partial charge in [0.15, 0.2) is 0 Å². The summed E-state index contributed by atoms with van der Waals surface area (Å²) in [6.07, 6.45) is 3.49. The van der Waals surface area contributed by atoms with Crippen molar-refractivity contribution in [3.63, 3.8) is 0 Å². The van der Waals surface area contributed by atoms with Crippen LogP contribution in [0, 0.1) is 0 Å². The summed E-state index contributed by atoms with van der Waals surface area (Å²) in [6, 6.07) is 11.5. The van der Waals surface area contributed by atoms with Crippen LogP contribution in [0.25, 0.3) is 0 Å². The molecule has 2 aromatic rings. The second-order valence-electron chi connectivity index (χ2n) is 6.01. The van der Waals surface area contributed by atoms with E-state index in [1.807, 2.05) is 46.2 Å². The van der Waals surface area contributed by atoms with Crippen LogP contribution in [0.5, 0.6) is 0 Å². The molecule has 2 amide bonds. The van der Waals surface area contributed by atoms with Crippen LogP contribution in [0.1, 0.15) is 22.1 Å². The zero-order chi connectivity index (χ0) is 17.9. The lowest BCUT2D eigenvalue weighted by molar-refractivity contribution is -0.132. The summed E-state index contributed by atoms with van der Waals surface area (Å²) in [6.45, 7) is 1.01. The Kier molecular flexibility index (Phi) is 5.12. The summed E-state index contributed by atoms with van der Waals surface area (Å²) in [5, 5.41) is -0.162. The van der Waals surface area contributed by atoms with Gasteiger partial charge in [-0.25, -0.2) is 0 Å². The first-order valence-electron chi connectivity index (χ1n) is 8.38. The average Bonchev–Trinajstić information content (AvgIpc) is 3.24. The summed E-state index contributed by atoms with van der Waals surface area (Å²) < 4.78 is 0. The maximum Gasteiger partial charge on any atom is 0.233 e. The number of pyridine rings is 2. The monoisotopic (exact) mass is 386 g/mol. The van der Waals surface area contributed by atoms with E-state index in [9.17, 15) is 9.59 Å². The van der Waals surface area contributed by atoms with Crippen molar-refractivity contribution in [3.8, 4) is 0 Å². The van der Waals surface area contributed by atoms with Crippen LogP contribution in [0.2, 0.25) is 0 Å². The highest BCUT2D eigenvalue weighted by Crippen LogP contribution is 2.39. The van der Waals surface area contributed by atoms with Crippen molar-refractivity contribution in [1.82, 2.24) is 19.8 Å². The smallest absolute Gasteiger partial charge is 0.233 e. The number of hydrogen-bond donors (Lipinski definition) is 0. The Morgan fingerprint density at radius 1 is 0.808 bits per heavy atom. The van der Waals surface area contributed by atoms with Gasteiger partial charge in [0.25, 0.3) is 0 Å². The Labute approximate surface area is 160 Å². The van der Waals surface area contributed by atoms with Crippen molar-refractivity contribution in [1.29, 1.82) is 0 Å². The van der Waals surface area contributed by atoms with E-state index in [2.05, 4.69) is 9.97 Å². The van der Waals surface area contributed by atoms with Gasteiger partial charge in [0.05, 0.1) is 22.9 Å². The SMILES string of the molecule is O=C1CS[C@H](c2ccccn2)N1CCN1C(=O)CS[C@H]1c1ccccn1. The fourth-order valence-electron chi connectivity index (χ4n) is 3.14. The van der Waals surface area contributed by atoms with Crippen LogP contribution in [0.4, 0.5) is 0 Å². The first kappa shape index (κ1) is 17.4. The highest BCUT2D eigenvalue weighted by Gasteiger charge is 2.37. The third-order valence-corrected chi connectivity index (χ3v) is 6.85. The molecule has 26 heavy (non-hydrogen) atoms. The van der Waals surface area contributed by atoms with E-state index >= 15 is 0 Å². The van der Waals surface area contributed by atoms with E-state index < -0.39 is 0 Å². The molecule has 2 aliphatic rings. The number of thioether (sulfide) groups is 2. The molecule has 2 aliphatic heterocycles. The predicted octanol–water partition coefficient (Wildman–Crippen LogP) is 2.32. The van der Waals surface area contributed by atoms with Crippen LogP contribution in [0.3, 0.4) is 0 Å². The summed E-state index contributed by atoms with van der Waals surface area (Å²) in [5.41, 5.74) is 1.76. The van der Waals surface area contributed by atoms with Crippen LogP contribution < -0.4 is 0 Å². The summed E-state index contributed by atoms with van der Waals surface area (Å²) in [4.78, 5) is 37.2. The van der Waals surface area contributed by atoms with Crippen molar-refractivity contribution >= 4 is 35.3 Å². The Balaban J connectivity index is 1.48. The van der Waals surface area contributed by atoms with Crippen molar-refractivity contribution < 1.29 is 9.59 Å². The molecule has 2 fully saturated rings. The molecule has 0 N–H and O–H groups in total. The molecule has 0 radical (unpaired) electrons. The fraction of sp³-hybridized carbons (Fsp3) is 0.333. The van der Waals surface area contributed by atoms with E-state index in [0.29, 0.717) is 24.6 Å². The average molecular weight is 387 g/mol. The molecule has 4 rings (SSSR count). The number of amides is 2. The molecule has 8 heteroatoms. The number of hydrogen-bond acceptors (Lipinski definition) is 6. The largest absolute Gasteiger partial charge is 0.322 e. The highest BCUT2D eigenvalue weighted by atomic mass is 32.2. The van der Waals surface area contributed by atoms with E-state index in [1.165, 1.54) is 0 Å².